The van der Waals surface area contributed by atoms with Crippen LogP contribution in [0.3, 0.4) is 0 Å². The molecule has 0 aliphatic carbocycles. The normalized spacial score (nSPS) is 12.9. The van der Waals surface area contributed by atoms with Crippen LogP contribution in [0.2, 0.25) is 0 Å². The molecule has 240 valence electrons. The van der Waals surface area contributed by atoms with Crippen LogP contribution in [0.5, 0.6) is 0 Å². The summed E-state index contributed by atoms with van der Waals surface area (Å²) >= 11 is 0. The minimum absolute atomic E-state index is 0.282. The number of carbonyl (C=O) groups is 1. The molecule has 0 bridgehead atoms. The second kappa shape index (κ2) is 14.2. The Morgan fingerprint density at radius 3 is 2.15 bits per heavy atom. The molecule has 0 unspecified atom stereocenters. The number of hydrogen-bond acceptors (Lipinski definition) is 8. The molecule has 0 spiro atoms. The Balaban J connectivity index is 1.34. The number of aromatic nitrogens is 4. The number of carbonyl (C=O) groups excluding carboxylic acids is 1. The van der Waals surface area contributed by atoms with E-state index in [0.717, 1.165) is 41.3 Å². The Labute approximate surface area is 279 Å². The number of benzene rings is 4. The van der Waals surface area contributed by atoms with Gasteiger partial charge in [-0.3, -0.25) is 9.36 Å². The van der Waals surface area contributed by atoms with Crippen molar-refractivity contribution >= 4 is 45.9 Å². The molecule has 2 aromatic heterocycles. The first-order chi connectivity index (χ1) is 23.6. The van der Waals surface area contributed by atoms with E-state index in [1.54, 1.807) is 6.33 Å². The predicted octanol–water partition coefficient (Wildman–Crippen LogP) is 6.73. The number of nitrogens with zero attached hydrogens (tertiary/aromatic N) is 6. The van der Waals surface area contributed by atoms with Crippen molar-refractivity contribution in [1.29, 1.82) is 0 Å². The molecule has 10 nitrogen and oxygen atoms in total. The Kier molecular flexibility index (Phi) is 9.06. The van der Waals surface area contributed by atoms with Gasteiger partial charge in [-0.1, -0.05) is 79.4 Å². The summed E-state index contributed by atoms with van der Waals surface area (Å²) in [5.41, 5.74) is 7.02. The maximum atomic E-state index is 12.1. The lowest BCUT2D eigenvalue weighted by atomic mass is 10.1. The lowest BCUT2D eigenvalue weighted by Crippen LogP contribution is -2.36. The van der Waals surface area contributed by atoms with E-state index < -0.39 is 0 Å². The maximum absolute atomic E-state index is 12.1. The van der Waals surface area contributed by atoms with Gasteiger partial charge in [0.15, 0.2) is 17.0 Å². The average molecular weight is 637 g/mol. The molecule has 1 aliphatic heterocycles. The molecule has 2 N–H and O–H groups in total. The third-order valence-corrected chi connectivity index (χ3v) is 8.17. The summed E-state index contributed by atoms with van der Waals surface area (Å²) in [7, 11) is 0. The lowest BCUT2D eigenvalue weighted by molar-refractivity contribution is -0.111. The zero-order chi connectivity index (χ0) is 32.7. The van der Waals surface area contributed by atoms with Gasteiger partial charge in [-0.05, 0) is 53.6 Å². The molecular formula is C38H36N8O2. The van der Waals surface area contributed by atoms with Gasteiger partial charge in [0.05, 0.1) is 18.9 Å². The van der Waals surface area contributed by atoms with Crippen LogP contribution in [0.15, 0.2) is 128 Å². The van der Waals surface area contributed by atoms with Gasteiger partial charge in [0, 0.05) is 43.2 Å². The molecule has 3 heterocycles. The molecule has 6 aromatic rings. The topological polar surface area (TPSA) is 100 Å². The Bertz CT molecular complexity index is 1980. The highest BCUT2D eigenvalue weighted by Gasteiger charge is 2.21. The van der Waals surface area contributed by atoms with Crippen LogP contribution >= 0.6 is 0 Å². The minimum atomic E-state index is -0.282. The summed E-state index contributed by atoms with van der Waals surface area (Å²) in [6, 6.07) is 36.6. The Hall–Kier alpha value is -6.00. The van der Waals surface area contributed by atoms with E-state index in [1.165, 1.54) is 6.08 Å². The fraction of sp³-hybridized carbons (Fsp3) is 0.158. The summed E-state index contributed by atoms with van der Waals surface area (Å²) < 4.78 is 7.48. The largest absolute Gasteiger partial charge is 0.378 e. The summed E-state index contributed by atoms with van der Waals surface area (Å²) in [4.78, 5) is 31.7. The molecule has 0 saturated carbocycles. The van der Waals surface area contributed by atoms with E-state index in [-0.39, 0.29) is 5.91 Å². The molecule has 0 radical (unpaired) electrons. The van der Waals surface area contributed by atoms with Gasteiger partial charge in [0.25, 0.3) is 0 Å². The van der Waals surface area contributed by atoms with Crippen molar-refractivity contribution in [3.05, 3.63) is 139 Å². The van der Waals surface area contributed by atoms with Crippen LogP contribution in [-0.2, 0) is 22.6 Å². The summed E-state index contributed by atoms with van der Waals surface area (Å²) in [6.07, 6.45) is 3.00. The van der Waals surface area contributed by atoms with Crippen LogP contribution in [0.1, 0.15) is 11.1 Å². The quantitative estimate of drug-likeness (QED) is 0.151. The number of imidazole rings is 1. The van der Waals surface area contributed by atoms with Crippen LogP contribution in [0.4, 0.5) is 28.8 Å². The number of hydrogen-bond donors (Lipinski definition) is 2. The number of nitrogens with one attached hydrogen (secondary N) is 2. The Morgan fingerprint density at radius 2 is 1.46 bits per heavy atom. The van der Waals surface area contributed by atoms with Crippen LogP contribution in [0, 0.1) is 0 Å². The minimum Gasteiger partial charge on any atom is -0.378 e. The number of amides is 1. The number of morpholine rings is 1. The zero-order valence-corrected chi connectivity index (χ0v) is 26.5. The van der Waals surface area contributed by atoms with Crippen molar-refractivity contribution in [1.82, 2.24) is 19.5 Å². The fourth-order valence-corrected chi connectivity index (χ4v) is 5.82. The summed E-state index contributed by atoms with van der Waals surface area (Å²) in [6.45, 7) is 7.90. The second-order valence-corrected chi connectivity index (χ2v) is 11.5. The average Bonchev–Trinajstić information content (AvgIpc) is 3.56. The molecular weight excluding hydrogens is 600 g/mol. The van der Waals surface area contributed by atoms with Crippen molar-refractivity contribution in [3.63, 3.8) is 0 Å². The van der Waals surface area contributed by atoms with E-state index in [0.29, 0.717) is 54.9 Å². The molecule has 1 aliphatic rings. The van der Waals surface area contributed by atoms with Crippen LogP contribution < -0.4 is 20.4 Å². The van der Waals surface area contributed by atoms with E-state index in [4.69, 9.17) is 19.7 Å². The molecule has 1 saturated heterocycles. The third kappa shape index (κ3) is 7.03. The number of anilines is 5. The zero-order valence-electron chi connectivity index (χ0n) is 26.5. The van der Waals surface area contributed by atoms with Gasteiger partial charge in [-0.2, -0.15) is 9.97 Å². The first-order valence-corrected chi connectivity index (χ1v) is 15.9. The van der Waals surface area contributed by atoms with Crippen molar-refractivity contribution in [2.45, 2.75) is 13.1 Å². The number of ether oxygens (including phenoxy) is 1. The van der Waals surface area contributed by atoms with Crippen molar-refractivity contribution < 1.29 is 9.53 Å². The van der Waals surface area contributed by atoms with Crippen molar-refractivity contribution in [2.75, 3.05) is 46.7 Å². The molecule has 7 rings (SSSR count). The highest BCUT2D eigenvalue weighted by molar-refractivity contribution is 5.99. The highest BCUT2D eigenvalue weighted by atomic mass is 16.5. The summed E-state index contributed by atoms with van der Waals surface area (Å²) in [5.74, 6) is 0.866. The monoisotopic (exact) mass is 636 g/mol. The molecule has 4 aromatic carbocycles. The third-order valence-electron chi connectivity index (χ3n) is 8.17. The van der Waals surface area contributed by atoms with E-state index in [9.17, 15) is 4.79 Å². The molecule has 1 fully saturated rings. The van der Waals surface area contributed by atoms with Gasteiger partial charge >= 0.3 is 0 Å². The predicted molar refractivity (Wildman–Crippen MR) is 191 cm³/mol. The maximum Gasteiger partial charge on any atom is 0.247 e. The second-order valence-electron chi connectivity index (χ2n) is 11.5. The first kappa shape index (κ1) is 30.6. The standard InChI is InChI=1S/C38H36N8O2/c1-2-34(47)40-30-15-10-18-33(24-30)46-27-39-35-36(45(25-28-11-5-3-6-12-28)26-29-13-7-4-8-14-29)42-38(43-37(35)46)41-31-16-9-17-32(23-31)44-19-21-48-22-20-44/h2-18,23-24,27H,1,19-22,25-26H2,(H,40,47)(H,41,42,43). The highest BCUT2D eigenvalue weighted by Crippen LogP contribution is 2.31. The van der Waals surface area contributed by atoms with Gasteiger partial charge in [0.1, 0.15) is 6.33 Å². The van der Waals surface area contributed by atoms with Crippen molar-refractivity contribution in [3.8, 4) is 5.69 Å². The first-order valence-electron chi connectivity index (χ1n) is 15.9. The lowest BCUT2D eigenvalue weighted by Gasteiger charge is -2.29. The molecule has 10 heteroatoms. The molecule has 48 heavy (non-hydrogen) atoms. The van der Waals surface area contributed by atoms with Gasteiger partial charge < -0.3 is 25.2 Å². The smallest absolute Gasteiger partial charge is 0.247 e. The van der Waals surface area contributed by atoms with E-state index >= 15 is 0 Å². The van der Waals surface area contributed by atoms with Gasteiger partial charge in [0.2, 0.25) is 11.9 Å². The molecule has 0 atom stereocenters. The van der Waals surface area contributed by atoms with Crippen LogP contribution in [0.25, 0.3) is 16.9 Å². The Morgan fingerprint density at radius 1 is 0.812 bits per heavy atom. The fourth-order valence-electron chi connectivity index (χ4n) is 5.82. The van der Waals surface area contributed by atoms with Crippen LogP contribution in [-0.4, -0.2) is 51.7 Å². The number of fused-ring (bicyclic) bond motifs is 1. The number of rotatable bonds is 11. The van der Waals surface area contributed by atoms with Gasteiger partial charge in [-0.25, -0.2) is 4.98 Å². The van der Waals surface area contributed by atoms with Crippen molar-refractivity contribution in [2.24, 2.45) is 0 Å². The van der Waals surface area contributed by atoms with E-state index in [1.807, 2.05) is 77.4 Å². The van der Waals surface area contributed by atoms with E-state index in [2.05, 4.69) is 63.4 Å². The van der Waals surface area contributed by atoms with Gasteiger partial charge in [-0.15, -0.1) is 0 Å². The SMILES string of the molecule is C=CC(=O)Nc1cccc(-n2cnc3c(N(Cc4ccccc4)Cc4ccccc4)nc(Nc4cccc(N5CCOCC5)c4)nc32)c1. The summed E-state index contributed by atoms with van der Waals surface area (Å²) in [5, 5.41) is 6.34. The molecule has 1 amide bonds.